The minimum atomic E-state index is 0.508. The van der Waals surface area contributed by atoms with Crippen LogP contribution in [0, 0.1) is 5.92 Å². The van der Waals surface area contributed by atoms with E-state index in [1.165, 1.54) is 0 Å². The molecule has 0 amide bonds. The highest BCUT2D eigenvalue weighted by molar-refractivity contribution is 5.42. The van der Waals surface area contributed by atoms with Gasteiger partial charge in [0, 0.05) is 25.7 Å². The van der Waals surface area contributed by atoms with E-state index in [-0.39, 0.29) is 0 Å². The van der Waals surface area contributed by atoms with Gasteiger partial charge >= 0.3 is 0 Å². The molecule has 0 bridgehead atoms. The third-order valence-electron chi connectivity index (χ3n) is 4.01. The van der Waals surface area contributed by atoms with Crippen LogP contribution >= 0.6 is 0 Å². The standard InChI is InChI=1S/C15H22N4/c1-11(2)14-9-16-7-8-19(14)15-10-17-12-5-3-4-6-13(12)18-15/h5-6,10-11,14,16H,3-4,7-9H2,1-2H3. The molecule has 2 heterocycles. The molecule has 0 radical (unpaired) electrons. The molecule has 0 spiro atoms. The lowest BCUT2D eigenvalue weighted by molar-refractivity contribution is 0.387. The molecule has 0 aromatic carbocycles. The molecule has 1 unspecified atom stereocenters. The maximum atomic E-state index is 4.82. The Kier molecular flexibility index (Phi) is 3.51. The molecule has 2 aliphatic rings. The van der Waals surface area contributed by atoms with Crippen molar-refractivity contribution in [1.82, 2.24) is 15.3 Å². The Morgan fingerprint density at radius 2 is 2.05 bits per heavy atom. The van der Waals surface area contributed by atoms with Crippen LogP contribution in [0.3, 0.4) is 0 Å². The normalized spacial score (nSPS) is 22.7. The number of fused-ring (bicyclic) bond motifs is 1. The molecule has 1 aromatic rings. The molecular formula is C15H22N4. The van der Waals surface area contributed by atoms with E-state index >= 15 is 0 Å². The van der Waals surface area contributed by atoms with Gasteiger partial charge in [0.05, 0.1) is 16.9 Å². The third-order valence-corrected chi connectivity index (χ3v) is 4.01. The number of nitrogens with one attached hydrogen (secondary N) is 1. The Morgan fingerprint density at radius 3 is 2.84 bits per heavy atom. The van der Waals surface area contributed by atoms with Crippen molar-refractivity contribution in [2.75, 3.05) is 24.5 Å². The summed E-state index contributed by atoms with van der Waals surface area (Å²) in [5, 5.41) is 5.58. The lowest BCUT2D eigenvalue weighted by Gasteiger charge is -2.39. The summed E-state index contributed by atoms with van der Waals surface area (Å²) in [5.74, 6) is 1.65. The zero-order valence-electron chi connectivity index (χ0n) is 11.8. The van der Waals surface area contributed by atoms with Gasteiger partial charge in [0.15, 0.2) is 0 Å². The fraction of sp³-hybridized carbons (Fsp3) is 0.600. The second kappa shape index (κ2) is 5.29. The van der Waals surface area contributed by atoms with Gasteiger partial charge in [0.2, 0.25) is 0 Å². The zero-order chi connectivity index (χ0) is 13.2. The minimum absolute atomic E-state index is 0.508. The molecule has 3 rings (SSSR count). The zero-order valence-corrected chi connectivity index (χ0v) is 11.8. The van der Waals surface area contributed by atoms with Gasteiger partial charge in [-0.15, -0.1) is 0 Å². The molecule has 19 heavy (non-hydrogen) atoms. The molecule has 1 N–H and O–H groups in total. The number of hydrogen-bond donors (Lipinski definition) is 1. The molecule has 1 fully saturated rings. The van der Waals surface area contributed by atoms with Gasteiger partial charge < -0.3 is 10.2 Å². The molecule has 102 valence electrons. The van der Waals surface area contributed by atoms with Gasteiger partial charge in [-0.2, -0.15) is 0 Å². The van der Waals surface area contributed by atoms with E-state index < -0.39 is 0 Å². The third kappa shape index (κ3) is 2.50. The van der Waals surface area contributed by atoms with Crippen molar-refractivity contribution in [3.63, 3.8) is 0 Å². The summed E-state index contributed by atoms with van der Waals surface area (Å²) in [7, 11) is 0. The summed E-state index contributed by atoms with van der Waals surface area (Å²) in [6, 6.07) is 0.508. The van der Waals surface area contributed by atoms with E-state index in [1.807, 2.05) is 6.20 Å². The first kappa shape index (κ1) is 12.6. The maximum Gasteiger partial charge on any atom is 0.148 e. The van der Waals surface area contributed by atoms with Crippen molar-refractivity contribution < 1.29 is 0 Å². The van der Waals surface area contributed by atoms with Crippen molar-refractivity contribution in [2.24, 2.45) is 5.92 Å². The minimum Gasteiger partial charge on any atom is -0.350 e. The first-order chi connectivity index (χ1) is 9.25. The first-order valence-electron chi connectivity index (χ1n) is 7.26. The SMILES string of the molecule is CC(C)C1CNCCN1c1cnc2c(n1)=CCCC=2. The summed E-state index contributed by atoms with van der Waals surface area (Å²) in [6.45, 7) is 7.62. The molecule has 1 saturated heterocycles. The maximum absolute atomic E-state index is 4.82. The van der Waals surface area contributed by atoms with Gasteiger partial charge in [-0.1, -0.05) is 26.0 Å². The van der Waals surface area contributed by atoms with E-state index in [1.54, 1.807) is 0 Å². The highest BCUT2D eigenvalue weighted by Gasteiger charge is 2.26. The van der Waals surface area contributed by atoms with Gasteiger partial charge in [0.1, 0.15) is 5.82 Å². The average molecular weight is 258 g/mol. The van der Waals surface area contributed by atoms with Crippen LogP contribution in [0.2, 0.25) is 0 Å². The summed E-state index contributed by atoms with van der Waals surface area (Å²) in [5.41, 5.74) is 0. The van der Waals surface area contributed by atoms with E-state index in [0.717, 1.165) is 49.0 Å². The van der Waals surface area contributed by atoms with Crippen LogP contribution in [0.1, 0.15) is 26.7 Å². The number of aromatic nitrogens is 2. The van der Waals surface area contributed by atoms with Crippen LogP contribution in [0.4, 0.5) is 5.82 Å². The molecule has 4 heteroatoms. The topological polar surface area (TPSA) is 41.0 Å². The Balaban J connectivity index is 1.97. The summed E-state index contributed by atoms with van der Waals surface area (Å²) in [6.07, 6.45) is 8.50. The van der Waals surface area contributed by atoms with Crippen LogP contribution in [0.25, 0.3) is 12.2 Å². The van der Waals surface area contributed by atoms with Crippen LogP contribution in [0.5, 0.6) is 0 Å². The second-order valence-corrected chi connectivity index (χ2v) is 5.69. The number of piperazine rings is 1. The lowest BCUT2D eigenvalue weighted by Crippen LogP contribution is -2.54. The first-order valence-corrected chi connectivity index (χ1v) is 7.26. The quantitative estimate of drug-likeness (QED) is 0.826. The van der Waals surface area contributed by atoms with E-state index in [9.17, 15) is 0 Å². The molecule has 1 aliphatic carbocycles. The number of rotatable bonds is 2. The Hall–Kier alpha value is -1.42. The van der Waals surface area contributed by atoms with Gasteiger partial charge in [-0.3, -0.25) is 4.98 Å². The van der Waals surface area contributed by atoms with Crippen LogP contribution in [-0.4, -0.2) is 35.6 Å². The van der Waals surface area contributed by atoms with Crippen LogP contribution in [-0.2, 0) is 0 Å². The van der Waals surface area contributed by atoms with E-state index in [2.05, 4.69) is 41.2 Å². The van der Waals surface area contributed by atoms with Gasteiger partial charge in [-0.25, -0.2) is 4.98 Å². The molecular weight excluding hydrogens is 236 g/mol. The summed E-state index contributed by atoms with van der Waals surface area (Å²) in [4.78, 5) is 11.8. The van der Waals surface area contributed by atoms with E-state index in [0.29, 0.717) is 12.0 Å². The van der Waals surface area contributed by atoms with Crippen molar-refractivity contribution in [2.45, 2.75) is 32.7 Å². The molecule has 1 aromatic heterocycles. The summed E-state index contributed by atoms with van der Waals surface area (Å²) < 4.78 is 0. The summed E-state index contributed by atoms with van der Waals surface area (Å²) >= 11 is 0. The second-order valence-electron chi connectivity index (χ2n) is 5.69. The van der Waals surface area contributed by atoms with Crippen LogP contribution in [0.15, 0.2) is 6.20 Å². The van der Waals surface area contributed by atoms with Crippen molar-refractivity contribution in [1.29, 1.82) is 0 Å². The monoisotopic (exact) mass is 258 g/mol. The van der Waals surface area contributed by atoms with Crippen molar-refractivity contribution >= 4 is 18.0 Å². The highest BCUT2D eigenvalue weighted by atomic mass is 15.3. The predicted octanol–water partition coefficient (Wildman–Crippen LogP) is 0.266. The Bertz CT molecular complexity index is 564. The van der Waals surface area contributed by atoms with Crippen LogP contribution < -0.4 is 20.9 Å². The molecule has 4 nitrogen and oxygen atoms in total. The van der Waals surface area contributed by atoms with Gasteiger partial charge in [-0.05, 0) is 18.8 Å². The van der Waals surface area contributed by atoms with Gasteiger partial charge in [0.25, 0.3) is 0 Å². The fourth-order valence-corrected chi connectivity index (χ4v) is 2.89. The van der Waals surface area contributed by atoms with E-state index in [4.69, 9.17) is 4.98 Å². The molecule has 1 aliphatic heterocycles. The largest absolute Gasteiger partial charge is 0.350 e. The highest BCUT2D eigenvalue weighted by Crippen LogP contribution is 2.18. The number of hydrogen-bond acceptors (Lipinski definition) is 4. The Morgan fingerprint density at radius 1 is 1.26 bits per heavy atom. The fourth-order valence-electron chi connectivity index (χ4n) is 2.89. The lowest BCUT2D eigenvalue weighted by atomic mass is 10.0. The number of nitrogens with zero attached hydrogens (tertiary/aromatic N) is 3. The number of anilines is 1. The van der Waals surface area contributed by atoms with Crippen molar-refractivity contribution in [3.8, 4) is 0 Å². The average Bonchev–Trinajstić information content (AvgIpc) is 2.46. The molecule has 1 atom stereocenters. The predicted molar refractivity (Wildman–Crippen MR) is 78.3 cm³/mol. The van der Waals surface area contributed by atoms with Crippen molar-refractivity contribution in [3.05, 3.63) is 16.9 Å². The smallest absolute Gasteiger partial charge is 0.148 e. The molecule has 0 saturated carbocycles. The Labute approximate surface area is 114 Å².